The summed E-state index contributed by atoms with van der Waals surface area (Å²) in [6, 6.07) is 0. The van der Waals surface area contributed by atoms with E-state index in [1.54, 1.807) is 0 Å². The summed E-state index contributed by atoms with van der Waals surface area (Å²) in [7, 11) is 1.05. The van der Waals surface area contributed by atoms with Gasteiger partial charge in [-0.1, -0.05) is 11.8 Å². The molecule has 0 fully saturated rings. The molecule has 0 unspecified atom stereocenters. The Labute approximate surface area is 114 Å². The van der Waals surface area contributed by atoms with Crippen molar-refractivity contribution in [3.8, 4) is 0 Å². The lowest BCUT2D eigenvalue weighted by Crippen LogP contribution is -2.09. The van der Waals surface area contributed by atoms with Crippen LogP contribution in [0.3, 0.4) is 0 Å². The van der Waals surface area contributed by atoms with Crippen LogP contribution >= 0.6 is 11.8 Å². The first-order chi connectivity index (χ1) is 9.30. The molecule has 20 heavy (non-hydrogen) atoms. The fraction of sp³-hybridized carbons (Fsp3) is 0.400. The van der Waals surface area contributed by atoms with Crippen LogP contribution in [-0.4, -0.2) is 14.8 Å². The standard InChI is InChI=1S/C10H8F5N3OS/c1-18-6(8(11)12)5(7(17-18)10(13,14)15)4-20-9-16-2-3-19-9/h2-3,8H,4H2,1H3. The highest BCUT2D eigenvalue weighted by Crippen LogP contribution is 2.38. The first-order valence-electron chi connectivity index (χ1n) is 5.24. The Balaban J connectivity index is 2.37. The Bertz CT molecular complexity index is 578. The third kappa shape index (κ3) is 2.94. The summed E-state index contributed by atoms with van der Waals surface area (Å²) in [4.78, 5) is 3.70. The molecule has 2 aromatic rings. The number of nitrogens with zero attached hydrogens (tertiary/aromatic N) is 3. The van der Waals surface area contributed by atoms with E-state index in [-0.39, 0.29) is 11.0 Å². The molecular weight excluding hydrogens is 305 g/mol. The second kappa shape index (κ2) is 5.43. The van der Waals surface area contributed by atoms with E-state index in [9.17, 15) is 22.0 Å². The number of aryl methyl sites for hydroxylation is 1. The summed E-state index contributed by atoms with van der Waals surface area (Å²) in [6.45, 7) is 0. The average molecular weight is 313 g/mol. The molecule has 0 amide bonds. The minimum absolute atomic E-state index is 0.0993. The summed E-state index contributed by atoms with van der Waals surface area (Å²) in [5, 5.41) is 3.25. The van der Waals surface area contributed by atoms with Crippen molar-refractivity contribution in [2.75, 3.05) is 0 Å². The lowest BCUT2D eigenvalue weighted by atomic mass is 10.2. The molecule has 4 nitrogen and oxygen atoms in total. The minimum Gasteiger partial charge on any atom is -0.440 e. The Kier molecular flexibility index (Phi) is 4.02. The van der Waals surface area contributed by atoms with E-state index >= 15 is 0 Å². The zero-order valence-corrected chi connectivity index (χ0v) is 10.8. The van der Waals surface area contributed by atoms with Crippen molar-refractivity contribution in [1.82, 2.24) is 14.8 Å². The van der Waals surface area contributed by atoms with E-state index in [0.29, 0.717) is 4.68 Å². The van der Waals surface area contributed by atoms with Gasteiger partial charge in [0.2, 0.25) is 0 Å². The highest BCUT2D eigenvalue weighted by molar-refractivity contribution is 7.98. The van der Waals surface area contributed by atoms with Crippen LogP contribution in [0.25, 0.3) is 0 Å². The first-order valence-corrected chi connectivity index (χ1v) is 6.22. The van der Waals surface area contributed by atoms with Crippen LogP contribution in [0.5, 0.6) is 0 Å². The van der Waals surface area contributed by atoms with Gasteiger partial charge in [-0.05, 0) is 0 Å². The van der Waals surface area contributed by atoms with Crippen LogP contribution in [0.2, 0.25) is 0 Å². The van der Waals surface area contributed by atoms with Crippen molar-refractivity contribution >= 4 is 11.8 Å². The predicted octanol–water partition coefficient (Wildman–Crippen LogP) is 3.66. The van der Waals surface area contributed by atoms with Crippen LogP contribution in [0.1, 0.15) is 23.4 Å². The van der Waals surface area contributed by atoms with E-state index in [2.05, 4.69) is 10.1 Å². The Morgan fingerprint density at radius 2 is 2.10 bits per heavy atom. The van der Waals surface area contributed by atoms with Gasteiger partial charge in [0.15, 0.2) is 5.69 Å². The van der Waals surface area contributed by atoms with E-state index in [1.165, 1.54) is 12.5 Å². The maximum atomic E-state index is 12.9. The van der Waals surface area contributed by atoms with Crippen molar-refractivity contribution in [3.63, 3.8) is 0 Å². The van der Waals surface area contributed by atoms with Crippen molar-refractivity contribution < 1.29 is 26.4 Å². The largest absolute Gasteiger partial charge is 0.440 e. The van der Waals surface area contributed by atoms with Gasteiger partial charge in [0, 0.05) is 18.4 Å². The van der Waals surface area contributed by atoms with Gasteiger partial charge in [0.25, 0.3) is 11.6 Å². The van der Waals surface area contributed by atoms with E-state index in [1.807, 2.05) is 0 Å². The highest BCUT2D eigenvalue weighted by atomic mass is 32.2. The number of aromatic nitrogens is 3. The fourth-order valence-corrected chi connectivity index (χ4v) is 2.45. The number of alkyl halides is 5. The molecule has 2 aromatic heterocycles. The van der Waals surface area contributed by atoms with Gasteiger partial charge in [-0.2, -0.15) is 18.3 Å². The van der Waals surface area contributed by atoms with Crippen molar-refractivity contribution in [1.29, 1.82) is 0 Å². The normalized spacial score (nSPS) is 12.3. The molecular formula is C10H8F5N3OS. The lowest BCUT2D eigenvalue weighted by Gasteiger charge is -2.07. The van der Waals surface area contributed by atoms with Gasteiger partial charge in [-0.25, -0.2) is 13.8 Å². The van der Waals surface area contributed by atoms with Crippen molar-refractivity contribution in [2.45, 2.75) is 23.6 Å². The topological polar surface area (TPSA) is 43.9 Å². The lowest BCUT2D eigenvalue weighted by molar-refractivity contribution is -0.141. The number of hydrogen-bond acceptors (Lipinski definition) is 4. The van der Waals surface area contributed by atoms with Gasteiger partial charge in [0.1, 0.15) is 12.0 Å². The molecule has 0 aromatic carbocycles. The Hall–Kier alpha value is -1.58. The van der Waals surface area contributed by atoms with Gasteiger partial charge < -0.3 is 4.42 Å². The van der Waals surface area contributed by atoms with E-state index in [4.69, 9.17) is 4.42 Å². The SMILES string of the molecule is Cn1nc(C(F)(F)F)c(CSc2ncco2)c1C(F)F. The molecule has 0 radical (unpaired) electrons. The quantitative estimate of drug-likeness (QED) is 0.638. The molecule has 0 bridgehead atoms. The molecule has 110 valence electrons. The molecule has 0 aliphatic heterocycles. The molecule has 0 atom stereocenters. The van der Waals surface area contributed by atoms with Crippen LogP contribution < -0.4 is 0 Å². The fourth-order valence-electron chi connectivity index (χ4n) is 1.64. The Morgan fingerprint density at radius 1 is 1.40 bits per heavy atom. The first kappa shape index (κ1) is 14.8. The molecule has 10 heteroatoms. The summed E-state index contributed by atoms with van der Waals surface area (Å²) < 4.78 is 69.6. The summed E-state index contributed by atoms with van der Waals surface area (Å²) in [5.41, 5.74) is -2.62. The third-order valence-corrected chi connectivity index (χ3v) is 3.30. The maximum Gasteiger partial charge on any atom is 0.435 e. The molecule has 0 spiro atoms. The zero-order chi connectivity index (χ0) is 14.9. The summed E-state index contributed by atoms with van der Waals surface area (Å²) in [5.74, 6) is -0.358. The molecule has 2 rings (SSSR count). The number of halogens is 5. The van der Waals surface area contributed by atoms with Gasteiger partial charge in [0.05, 0.1) is 6.20 Å². The predicted molar refractivity (Wildman–Crippen MR) is 59.2 cm³/mol. The molecule has 0 aliphatic carbocycles. The maximum absolute atomic E-state index is 12.9. The number of thioether (sulfide) groups is 1. The smallest absolute Gasteiger partial charge is 0.435 e. The average Bonchev–Trinajstić information content (AvgIpc) is 2.92. The van der Waals surface area contributed by atoms with Crippen LogP contribution in [0.15, 0.2) is 22.1 Å². The van der Waals surface area contributed by atoms with E-state index < -0.39 is 29.6 Å². The minimum atomic E-state index is -4.79. The van der Waals surface area contributed by atoms with Gasteiger partial charge in [-0.3, -0.25) is 4.68 Å². The monoisotopic (exact) mass is 313 g/mol. The molecule has 2 heterocycles. The zero-order valence-electron chi connectivity index (χ0n) is 9.99. The molecule has 0 N–H and O–H groups in total. The van der Waals surface area contributed by atoms with Gasteiger partial charge in [-0.15, -0.1) is 0 Å². The van der Waals surface area contributed by atoms with Gasteiger partial charge >= 0.3 is 6.18 Å². The second-order valence-electron chi connectivity index (χ2n) is 3.72. The molecule has 0 saturated carbocycles. The van der Waals surface area contributed by atoms with Crippen LogP contribution in [0, 0.1) is 0 Å². The summed E-state index contributed by atoms with van der Waals surface area (Å²) >= 11 is 0.791. The van der Waals surface area contributed by atoms with Crippen LogP contribution in [0.4, 0.5) is 22.0 Å². The molecule has 0 aliphatic rings. The Morgan fingerprint density at radius 3 is 2.60 bits per heavy atom. The van der Waals surface area contributed by atoms with Crippen molar-refractivity contribution in [3.05, 3.63) is 29.4 Å². The number of rotatable bonds is 4. The van der Waals surface area contributed by atoms with Crippen LogP contribution in [-0.2, 0) is 19.0 Å². The number of hydrogen-bond donors (Lipinski definition) is 0. The number of oxazole rings is 1. The van der Waals surface area contributed by atoms with E-state index in [0.717, 1.165) is 18.8 Å². The highest BCUT2D eigenvalue weighted by Gasteiger charge is 2.40. The summed E-state index contributed by atoms with van der Waals surface area (Å²) in [6.07, 6.45) is -5.30. The molecule has 0 saturated heterocycles. The second-order valence-corrected chi connectivity index (χ2v) is 4.65. The van der Waals surface area contributed by atoms with Crippen molar-refractivity contribution in [2.24, 2.45) is 7.05 Å². The third-order valence-electron chi connectivity index (χ3n) is 2.42.